The van der Waals surface area contributed by atoms with Gasteiger partial charge in [-0.3, -0.25) is 4.79 Å². The van der Waals surface area contributed by atoms with Gasteiger partial charge in [0.25, 0.3) is 0 Å². The van der Waals surface area contributed by atoms with E-state index in [1.807, 2.05) is 0 Å². The van der Waals surface area contributed by atoms with Gasteiger partial charge in [-0.15, -0.1) is 0 Å². The minimum absolute atomic E-state index is 0.133. The molecule has 0 aromatic carbocycles. The summed E-state index contributed by atoms with van der Waals surface area (Å²) in [7, 11) is 0. The van der Waals surface area contributed by atoms with E-state index in [9.17, 15) is 4.79 Å². The quantitative estimate of drug-likeness (QED) is 0.634. The van der Waals surface area contributed by atoms with Gasteiger partial charge in [0.15, 0.2) is 0 Å². The van der Waals surface area contributed by atoms with E-state index in [0.29, 0.717) is 6.42 Å². The summed E-state index contributed by atoms with van der Waals surface area (Å²) in [5.74, 6) is 0.133. The average molecular weight is 212 g/mol. The summed E-state index contributed by atoms with van der Waals surface area (Å²) < 4.78 is 0. The smallest absolute Gasteiger partial charge is 0.221 e. The van der Waals surface area contributed by atoms with Gasteiger partial charge >= 0.3 is 0 Å². The first-order valence-electron chi connectivity index (χ1n) is 6.22. The number of hydrogen-bond donors (Lipinski definition) is 2. The summed E-state index contributed by atoms with van der Waals surface area (Å²) >= 11 is 0. The van der Waals surface area contributed by atoms with Gasteiger partial charge in [-0.1, -0.05) is 26.2 Å². The zero-order valence-electron chi connectivity index (χ0n) is 9.85. The molecule has 0 spiro atoms. The first-order valence-corrected chi connectivity index (χ1v) is 6.22. The minimum Gasteiger partial charge on any atom is -0.356 e. The molecule has 3 N–H and O–H groups in total. The second kappa shape index (κ2) is 6.11. The number of carbonyl (C=O) groups excluding carboxylic acids is 1. The molecule has 88 valence electrons. The minimum atomic E-state index is -0.173. The molecule has 0 atom stereocenters. The summed E-state index contributed by atoms with van der Waals surface area (Å²) in [6, 6.07) is 0. The van der Waals surface area contributed by atoms with Crippen LogP contribution in [-0.2, 0) is 4.79 Å². The van der Waals surface area contributed by atoms with Crippen LogP contribution in [0.25, 0.3) is 0 Å². The van der Waals surface area contributed by atoms with Gasteiger partial charge < -0.3 is 11.1 Å². The van der Waals surface area contributed by atoms with E-state index in [4.69, 9.17) is 5.73 Å². The highest BCUT2D eigenvalue weighted by Crippen LogP contribution is 2.31. The maximum Gasteiger partial charge on any atom is 0.221 e. The molecule has 0 saturated heterocycles. The first kappa shape index (κ1) is 12.5. The fourth-order valence-corrected chi connectivity index (χ4v) is 1.97. The summed E-state index contributed by atoms with van der Waals surface area (Å²) in [5, 5.41) is 2.95. The van der Waals surface area contributed by atoms with Crippen molar-refractivity contribution < 1.29 is 4.79 Å². The van der Waals surface area contributed by atoms with Gasteiger partial charge in [0.2, 0.25) is 5.91 Å². The maximum atomic E-state index is 11.5. The molecule has 0 unspecified atom stereocenters. The van der Waals surface area contributed by atoms with Crippen molar-refractivity contribution in [3.8, 4) is 0 Å². The topological polar surface area (TPSA) is 55.1 Å². The van der Waals surface area contributed by atoms with E-state index in [2.05, 4.69) is 12.2 Å². The van der Waals surface area contributed by atoms with Gasteiger partial charge in [-0.25, -0.2) is 0 Å². The molecule has 3 nitrogen and oxygen atoms in total. The van der Waals surface area contributed by atoms with Crippen molar-refractivity contribution in [3.63, 3.8) is 0 Å². The van der Waals surface area contributed by atoms with Crippen LogP contribution in [-0.4, -0.2) is 18.0 Å². The van der Waals surface area contributed by atoms with Crippen LogP contribution in [0.3, 0.4) is 0 Å². The standard InChI is InChI=1S/C12H24N2O/c1-2-3-4-5-9-14-11(15)10-12(13)7-6-8-12/h2-10,13H2,1H3,(H,14,15). The third-order valence-electron chi connectivity index (χ3n) is 3.21. The SMILES string of the molecule is CCCCCCNC(=O)CC1(N)CCC1. The molecular weight excluding hydrogens is 188 g/mol. The number of carbonyl (C=O) groups is 1. The molecule has 1 rings (SSSR count). The second-order valence-electron chi connectivity index (χ2n) is 4.80. The van der Waals surface area contributed by atoms with Crippen molar-refractivity contribution >= 4 is 5.91 Å². The molecule has 1 aliphatic rings. The van der Waals surface area contributed by atoms with Crippen molar-refractivity contribution in [2.75, 3.05) is 6.54 Å². The van der Waals surface area contributed by atoms with Crippen molar-refractivity contribution in [1.29, 1.82) is 0 Å². The molecule has 1 fully saturated rings. The Morgan fingerprint density at radius 1 is 1.33 bits per heavy atom. The van der Waals surface area contributed by atoms with Gasteiger partial charge in [-0.05, 0) is 25.7 Å². The Morgan fingerprint density at radius 3 is 2.60 bits per heavy atom. The van der Waals surface area contributed by atoms with E-state index in [0.717, 1.165) is 25.8 Å². The zero-order valence-corrected chi connectivity index (χ0v) is 9.85. The molecular formula is C12H24N2O. The molecule has 0 aromatic rings. The lowest BCUT2D eigenvalue weighted by molar-refractivity contribution is -0.123. The summed E-state index contributed by atoms with van der Waals surface area (Å²) in [4.78, 5) is 11.5. The molecule has 15 heavy (non-hydrogen) atoms. The highest BCUT2D eigenvalue weighted by atomic mass is 16.1. The monoisotopic (exact) mass is 212 g/mol. The van der Waals surface area contributed by atoms with Crippen molar-refractivity contribution in [1.82, 2.24) is 5.32 Å². The Bertz CT molecular complexity index is 200. The lowest BCUT2D eigenvalue weighted by atomic mass is 9.75. The zero-order chi connectivity index (χ0) is 11.1. The summed E-state index contributed by atoms with van der Waals surface area (Å²) in [6.07, 6.45) is 8.52. The maximum absolute atomic E-state index is 11.5. The Morgan fingerprint density at radius 2 is 2.07 bits per heavy atom. The van der Waals surface area contributed by atoms with Crippen LogP contribution in [0.2, 0.25) is 0 Å². The molecule has 1 amide bonds. The third-order valence-corrected chi connectivity index (χ3v) is 3.21. The molecule has 0 heterocycles. The van der Waals surface area contributed by atoms with Gasteiger partial charge in [0.05, 0.1) is 0 Å². The second-order valence-corrected chi connectivity index (χ2v) is 4.80. The van der Waals surface area contributed by atoms with Crippen LogP contribution >= 0.6 is 0 Å². The molecule has 0 bridgehead atoms. The molecule has 0 radical (unpaired) electrons. The molecule has 0 aromatic heterocycles. The molecule has 3 heteroatoms. The highest BCUT2D eigenvalue weighted by molar-refractivity contribution is 5.77. The predicted molar refractivity (Wildman–Crippen MR) is 62.5 cm³/mol. The number of hydrogen-bond acceptors (Lipinski definition) is 2. The summed E-state index contributed by atoms with van der Waals surface area (Å²) in [6.45, 7) is 3.00. The third kappa shape index (κ3) is 4.65. The predicted octanol–water partition coefficient (Wildman–Crippen LogP) is 1.95. The lowest BCUT2D eigenvalue weighted by Gasteiger charge is -2.37. The summed E-state index contributed by atoms with van der Waals surface area (Å²) in [5.41, 5.74) is 5.82. The fourth-order valence-electron chi connectivity index (χ4n) is 1.97. The van der Waals surface area contributed by atoms with Crippen LogP contribution < -0.4 is 11.1 Å². The lowest BCUT2D eigenvalue weighted by Crippen LogP contribution is -2.50. The largest absolute Gasteiger partial charge is 0.356 e. The number of amides is 1. The van der Waals surface area contributed by atoms with Crippen LogP contribution in [0.5, 0.6) is 0 Å². The van der Waals surface area contributed by atoms with Crippen LogP contribution in [0.4, 0.5) is 0 Å². The molecule has 1 aliphatic carbocycles. The van der Waals surface area contributed by atoms with E-state index in [1.165, 1.54) is 25.7 Å². The van der Waals surface area contributed by atoms with E-state index in [-0.39, 0.29) is 11.4 Å². The van der Waals surface area contributed by atoms with E-state index >= 15 is 0 Å². The first-order chi connectivity index (χ1) is 7.16. The van der Waals surface area contributed by atoms with Crippen LogP contribution in [0.15, 0.2) is 0 Å². The highest BCUT2D eigenvalue weighted by Gasteiger charge is 2.34. The van der Waals surface area contributed by atoms with Crippen molar-refractivity contribution in [2.24, 2.45) is 5.73 Å². The molecule has 1 saturated carbocycles. The number of nitrogens with one attached hydrogen (secondary N) is 1. The fraction of sp³-hybridized carbons (Fsp3) is 0.917. The van der Waals surface area contributed by atoms with Crippen LogP contribution in [0.1, 0.15) is 58.3 Å². The number of nitrogens with two attached hydrogens (primary N) is 1. The van der Waals surface area contributed by atoms with Crippen molar-refractivity contribution in [2.45, 2.75) is 63.8 Å². The van der Waals surface area contributed by atoms with Gasteiger partial charge in [0, 0.05) is 18.5 Å². The van der Waals surface area contributed by atoms with Crippen LogP contribution in [0, 0.1) is 0 Å². The van der Waals surface area contributed by atoms with Gasteiger partial charge in [-0.2, -0.15) is 0 Å². The molecule has 0 aliphatic heterocycles. The Balaban J connectivity index is 1.98. The number of rotatable bonds is 7. The Kier molecular flexibility index (Phi) is 5.09. The van der Waals surface area contributed by atoms with Crippen molar-refractivity contribution in [3.05, 3.63) is 0 Å². The average Bonchev–Trinajstić information content (AvgIpc) is 2.15. The normalized spacial score (nSPS) is 18.3. The number of unbranched alkanes of at least 4 members (excludes halogenated alkanes) is 3. The van der Waals surface area contributed by atoms with E-state index < -0.39 is 0 Å². The Hall–Kier alpha value is -0.570. The van der Waals surface area contributed by atoms with Gasteiger partial charge in [0.1, 0.15) is 0 Å². The van der Waals surface area contributed by atoms with E-state index in [1.54, 1.807) is 0 Å². The Labute approximate surface area is 92.8 Å².